The quantitative estimate of drug-likeness (QED) is 0.735. The zero-order valence-electron chi connectivity index (χ0n) is 7.83. The molecule has 0 radical (unpaired) electrons. The number of rotatable bonds is 4. The van der Waals surface area contributed by atoms with Crippen molar-refractivity contribution in [2.24, 2.45) is 5.73 Å². The molecule has 0 aliphatic carbocycles. The lowest BCUT2D eigenvalue weighted by molar-refractivity contribution is 0.481. The molecule has 1 heterocycles. The minimum absolute atomic E-state index is 0.245. The molecule has 0 spiro atoms. The molecule has 1 atom stereocenters. The van der Waals surface area contributed by atoms with Crippen LogP contribution in [0.3, 0.4) is 0 Å². The van der Waals surface area contributed by atoms with Gasteiger partial charge in [-0.3, -0.25) is 4.68 Å². The molecule has 1 aromatic heterocycles. The van der Waals surface area contributed by atoms with Gasteiger partial charge in [0.15, 0.2) is 0 Å². The third-order valence-corrected chi connectivity index (χ3v) is 1.84. The summed E-state index contributed by atoms with van der Waals surface area (Å²) in [6.45, 7) is 5.02. The molecule has 68 valence electrons. The Morgan fingerprint density at radius 1 is 1.67 bits per heavy atom. The molecule has 0 amide bonds. The predicted molar refractivity (Wildman–Crippen MR) is 49.8 cm³/mol. The van der Waals surface area contributed by atoms with E-state index in [0.29, 0.717) is 0 Å². The summed E-state index contributed by atoms with van der Waals surface area (Å²) >= 11 is 0. The number of aryl methyl sites for hydroxylation is 1. The first-order valence-electron chi connectivity index (χ1n) is 4.47. The van der Waals surface area contributed by atoms with Crippen molar-refractivity contribution in [3.8, 4) is 0 Å². The Labute approximate surface area is 73.6 Å². The van der Waals surface area contributed by atoms with Gasteiger partial charge in [-0.25, -0.2) is 0 Å². The Hall–Kier alpha value is -0.830. The standard InChI is InChI=1S/C9H17N3/c1-3-4-9(10)7-12-6-8(2)5-11-12/h5-6,9H,3-4,7,10H2,1-2H3. The molecule has 0 aliphatic heterocycles. The van der Waals surface area contributed by atoms with Crippen molar-refractivity contribution in [3.63, 3.8) is 0 Å². The minimum atomic E-state index is 0.245. The van der Waals surface area contributed by atoms with E-state index in [1.54, 1.807) is 0 Å². The molecular weight excluding hydrogens is 150 g/mol. The highest BCUT2D eigenvalue weighted by Crippen LogP contribution is 1.99. The van der Waals surface area contributed by atoms with Crippen LogP contribution in [0, 0.1) is 6.92 Å². The second-order valence-electron chi connectivity index (χ2n) is 3.29. The molecule has 1 aromatic rings. The van der Waals surface area contributed by atoms with Gasteiger partial charge in [0.1, 0.15) is 0 Å². The average molecular weight is 167 g/mol. The van der Waals surface area contributed by atoms with Crippen LogP contribution in [0.1, 0.15) is 25.3 Å². The van der Waals surface area contributed by atoms with Gasteiger partial charge in [-0.05, 0) is 18.9 Å². The van der Waals surface area contributed by atoms with E-state index in [2.05, 4.69) is 12.0 Å². The lowest BCUT2D eigenvalue weighted by atomic mass is 10.2. The SMILES string of the molecule is CCCC(N)Cn1cc(C)cn1. The zero-order chi connectivity index (χ0) is 8.97. The summed E-state index contributed by atoms with van der Waals surface area (Å²) < 4.78 is 1.91. The van der Waals surface area contributed by atoms with Crippen molar-refractivity contribution >= 4 is 0 Å². The lowest BCUT2D eigenvalue weighted by Crippen LogP contribution is -2.26. The Kier molecular flexibility index (Phi) is 3.29. The van der Waals surface area contributed by atoms with E-state index in [1.807, 2.05) is 24.0 Å². The molecule has 12 heavy (non-hydrogen) atoms. The summed E-state index contributed by atoms with van der Waals surface area (Å²) in [6, 6.07) is 0.245. The largest absolute Gasteiger partial charge is 0.326 e. The number of hydrogen-bond acceptors (Lipinski definition) is 2. The number of hydrogen-bond donors (Lipinski definition) is 1. The van der Waals surface area contributed by atoms with Crippen molar-refractivity contribution in [1.82, 2.24) is 9.78 Å². The summed E-state index contributed by atoms with van der Waals surface area (Å²) in [5.41, 5.74) is 7.06. The van der Waals surface area contributed by atoms with Crippen molar-refractivity contribution in [3.05, 3.63) is 18.0 Å². The molecular formula is C9H17N3. The van der Waals surface area contributed by atoms with Gasteiger partial charge in [0.2, 0.25) is 0 Å². The normalized spacial score (nSPS) is 13.2. The van der Waals surface area contributed by atoms with Gasteiger partial charge in [-0.15, -0.1) is 0 Å². The Morgan fingerprint density at radius 2 is 2.42 bits per heavy atom. The molecule has 0 aromatic carbocycles. The molecule has 0 fully saturated rings. The third-order valence-electron chi connectivity index (χ3n) is 1.84. The van der Waals surface area contributed by atoms with Crippen LogP contribution in [0.4, 0.5) is 0 Å². The van der Waals surface area contributed by atoms with E-state index in [4.69, 9.17) is 5.73 Å². The summed E-state index contributed by atoms with van der Waals surface area (Å²) in [6.07, 6.45) is 6.09. The fourth-order valence-electron chi connectivity index (χ4n) is 1.27. The highest BCUT2D eigenvalue weighted by molar-refractivity contribution is 4.99. The molecule has 0 saturated carbocycles. The molecule has 0 saturated heterocycles. The Bertz CT molecular complexity index is 229. The number of aromatic nitrogens is 2. The first-order valence-corrected chi connectivity index (χ1v) is 4.47. The van der Waals surface area contributed by atoms with Crippen LogP contribution in [-0.4, -0.2) is 15.8 Å². The molecule has 2 N–H and O–H groups in total. The van der Waals surface area contributed by atoms with Crippen LogP contribution in [-0.2, 0) is 6.54 Å². The molecule has 1 rings (SSSR count). The van der Waals surface area contributed by atoms with Gasteiger partial charge in [0, 0.05) is 12.2 Å². The third kappa shape index (κ3) is 2.66. The van der Waals surface area contributed by atoms with E-state index in [9.17, 15) is 0 Å². The van der Waals surface area contributed by atoms with E-state index >= 15 is 0 Å². The smallest absolute Gasteiger partial charge is 0.0560 e. The highest BCUT2D eigenvalue weighted by Gasteiger charge is 2.02. The van der Waals surface area contributed by atoms with Gasteiger partial charge in [0.05, 0.1) is 12.7 Å². The number of nitrogens with two attached hydrogens (primary N) is 1. The summed E-state index contributed by atoms with van der Waals surface area (Å²) in [5, 5.41) is 4.17. The summed E-state index contributed by atoms with van der Waals surface area (Å²) in [4.78, 5) is 0. The van der Waals surface area contributed by atoms with Gasteiger partial charge in [-0.2, -0.15) is 5.10 Å². The average Bonchev–Trinajstić information content (AvgIpc) is 2.36. The van der Waals surface area contributed by atoms with Crippen LogP contribution in [0.15, 0.2) is 12.4 Å². The molecule has 1 unspecified atom stereocenters. The molecule has 3 heteroatoms. The zero-order valence-corrected chi connectivity index (χ0v) is 7.83. The van der Waals surface area contributed by atoms with Crippen LogP contribution in [0.5, 0.6) is 0 Å². The van der Waals surface area contributed by atoms with Gasteiger partial charge >= 0.3 is 0 Å². The Balaban J connectivity index is 2.41. The van der Waals surface area contributed by atoms with E-state index in [1.165, 1.54) is 5.56 Å². The van der Waals surface area contributed by atoms with Crippen LogP contribution >= 0.6 is 0 Å². The van der Waals surface area contributed by atoms with Crippen molar-refractivity contribution in [2.45, 2.75) is 39.3 Å². The highest BCUT2D eigenvalue weighted by atomic mass is 15.3. The maximum absolute atomic E-state index is 5.86. The predicted octanol–water partition coefficient (Wildman–Crippen LogP) is 1.32. The summed E-state index contributed by atoms with van der Waals surface area (Å²) in [7, 11) is 0. The van der Waals surface area contributed by atoms with Crippen molar-refractivity contribution in [1.29, 1.82) is 0 Å². The first-order chi connectivity index (χ1) is 5.72. The van der Waals surface area contributed by atoms with Crippen LogP contribution < -0.4 is 5.73 Å². The van der Waals surface area contributed by atoms with Gasteiger partial charge in [-0.1, -0.05) is 13.3 Å². The molecule has 3 nitrogen and oxygen atoms in total. The second kappa shape index (κ2) is 4.26. The fraction of sp³-hybridized carbons (Fsp3) is 0.667. The maximum Gasteiger partial charge on any atom is 0.0560 e. The lowest BCUT2D eigenvalue weighted by Gasteiger charge is -2.09. The topological polar surface area (TPSA) is 43.8 Å². The van der Waals surface area contributed by atoms with Gasteiger partial charge < -0.3 is 5.73 Å². The number of nitrogens with zero attached hydrogens (tertiary/aromatic N) is 2. The van der Waals surface area contributed by atoms with Crippen LogP contribution in [0.25, 0.3) is 0 Å². The maximum atomic E-state index is 5.86. The second-order valence-corrected chi connectivity index (χ2v) is 3.29. The van der Waals surface area contributed by atoms with E-state index in [0.717, 1.165) is 19.4 Å². The van der Waals surface area contributed by atoms with Crippen molar-refractivity contribution in [2.75, 3.05) is 0 Å². The molecule has 0 bridgehead atoms. The minimum Gasteiger partial charge on any atom is -0.326 e. The monoisotopic (exact) mass is 167 g/mol. The van der Waals surface area contributed by atoms with Crippen molar-refractivity contribution < 1.29 is 0 Å². The molecule has 0 aliphatic rings. The first kappa shape index (κ1) is 9.26. The van der Waals surface area contributed by atoms with E-state index < -0.39 is 0 Å². The van der Waals surface area contributed by atoms with Crippen LogP contribution in [0.2, 0.25) is 0 Å². The summed E-state index contributed by atoms with van der Waals surface area (Å²) in [5.74, 6) is 0. The Morgan fingerprint density at radius 3 is 2.92 bits per heavy atom. The van der Waals surface area contributed by atoms with E-state index in [-0.39, 0.29) is 6.04 Å². The fourth-order valence-corrected chi connectivity index (χ4v) is 1.27. The van der Waals surface area contributed by atoms with Gasteiger partial charge in [0.25, 0.3) is 0 Å².